The Hall–Kier alpha value is -2.76. The minimum absolute atomic E-state index is 0.110. The molecule has 5 rings (SSSR count). The Morgan fingerprint density at radius 3 is 2.81 bits per heavy atom. The van der Waals surface area contributed by atoms with Gasteiger partial charge in [0.1, 0.15) is 17.6 Å². The number of unbranched alkanes of at least 4 members (excludes halogenated alkanes) is 2. The van der Waals surface area contributed by atoms with Crippen LogP contribution in [0.3, 0.4) is 0 Å². The Bertz CT molecular complexity index is 1000. The maximum atomic E-state index is 13.2. The van der Waals surface area contributed by atoms with Crippen LogP contribution in [-0.2, 0) is 4.79 Å². The van der Waals surface area contributed by atoms with Gasteiger partial charge in [-0.1, -0.05) is 26.3 Å². The zero-order chi connectivity index (χ0) is 22.2. The molecule has 3 saturated carbocycles. The van der Waals surface area contributed by atoms with E-state index in [2.05, 4.69) is 19.2 Å². The van der Waals surface area contributed by atoms with E-state index in [1.807, 2.05) is 0 Å². The molecule has 166 valence electrons. The zero-order valence-electron chi connectivity index (χ0n) is 18.1. The number of carbonyl (C=O) groups excluding carboxylic acids is 1. The highest BCUT2D eigenvalue weighted by molar-refractivity contribution is 6.06. The van der Waals surface area contributed by atoms with Crippen molar-refractivity contribution in [1.82, 2.24) is 5.32 Å². The number of allylic oxidation sites excluding steroid dienone is 1. The van der Waals surface area contributed by atoms with E-state index >= 15 is 0 Å². The van der Waals surface area contributed by atoms with Gasteiger partial charge in [-0.3, -0.25) is 4.79 Å². The number of benzene rings is 1. The monoisotopic (exact) mass is 425 g/mol. The average Bonchev–Trinajstić information content (AvgIpc) is 3.13. The van der Waals surface area contributed by atoms with E-state index in [-0.39, 0.29) is 23.1 Å². The van der Waals surface area contributed by atoms with E-state index in [1.165, 1.54) is 12.3 Å². The maximum absolute atomic E-state index is 13.2. The normalized spacial score (nSPS) is 26.6. The van der Waals surface area contributed by atoms with Crippen LogP contribution in [0, 0.1) is 23.2 Å². The van der Waals surface area contributed by atoms with Gasteiger partial charge < -0.3 is 19.9 Å². The minimum atomic E-state index is -0.905. The standard InChI is InChI=1S/C25H31NO5/c1-25(2)16-11-15(7-5-3-4-6-8-22(28)29)23(20(25)12-16)26-24(30)19-14-31-21-10-9-17(27)13-18(19)21/h6,8-10,13-16,20,23,27H,3-5,7,11-12H2,1-2H3,(H,26,30)(H,28,29)/b8-6+/t15-,16-,20-,23+/m0/s1. The summed E-state index contributed by atoms with van der Waals surface area (Å²) in [6.45, 7) is 4.62. The lowest BCUT2D eigenvalue weighted by atomic mass is 9.44. The Labute approximate surface area is 182 Å². The number of phenolic OH excluding ortho intramolecular Hbond substituents is 1. The lowest BCUT2D eigenvalue weighted by molar-refractivity contribution is -0.131. The second-order valence-electron chi connectivity index (χ2n) is 9.71. The van der Waals surface area contributed by atoms with Crippen LogP contribution in [0.4, 0.5) is 0 Å². The highest BCUT2D eigenvalue weighted by atomic mass is 16.4. The van der Waals surface area contributed by atoms with E-state index < -0.39 is 5.97 Å². The second-order valence-corrected chi connectivity index (χ2v) is 9.71. The van der Waals surface area contributed by atoms with Crippen LogP contribution >= 0.6 is 0 Å². The molecule has 0 unspecified atom stereocenters. The molecule has 3 aliphatic carbocycles. The summed E-state index contributed by atoms with van der Waals surface area (Å²) < 4.78 is 5.52. The summed E-state index contributed by atoms with van der Waals surface area (Å²) in [6.07, 6.45) is 10.4. The summed E-state index contributed by atoms with van der Waals surface area (Å²) in [6, 6.07) is 4.90. The number of carboxylic acids is 1. The molecule has 1 amide bonds. The smallest absolute Gasteiger partial charge is 0.327 e. The van der Waals surface area contributed by atoms with Crippen LogP contribution in [0.15, 0.2) is 41.0 Å². The van der Waals surface area contributed by atoms with E-state index in [1.54, 1.807) is 24.3 Å². The quantitative estimate of drug-likeness (QED) is 0.403. The summed E-state index contributed by atoms with van der Waals surface area (Å²) in [5.41, 5.74) is 1.28. The molecule has 4 atom stereocenters. The molecule has 0 spiro atoms. The van der Waals surface area contributed by atoms with Crippen LogP contribution < -0.4 is 5.32 Å². The molecule has 0 aliphatic heterocycles. The van der Waals surface area contributed by atoms with Gasteiger partial charge in [-0.2, -0.15) is 0 Å². The first kappa shape index (κ1) is 21.5. The van der Waals surface area contributed by atoms with Crippen molar-refractivity contribution < 1.29 is 24.2 Å². The molecule has 1 heterocycles. The third-order valence-electron chi connectivity index (χ3n) is 7.63. The van der Waals surface area contributed by atoms with Crippen molar-refractivity contribution in [2.45, 2.75) is 58.4 Å². The van der Waals surface area contributed by atoms with Crippen LogP contribution in [0.25, 0.3) is 11.0 Å². The lowest BCUT2D eigenvalue weighted by Gasteiger charge is -2.62. The van der Waals surface area contributed by atoms with Crippen LogP contribution in [0.2, 0.25) is 0 Å². The number of nitrogens with one attached hydrogen (secondary N) is 1. The molecule has 0 radical (unpaired) electrons. The number of aromatic hydroxyl groups is 1. The minimum Gasteiger partial charge on any atom is -0.508 e. The summed E-state index contributed by atoms with van der Waals surface area (Å²) in [5, 5.41) is 22.4. The van der Waals surface area contributed by atoms with Gasteiger partial charge in [0.05, 0.1) is 5.56 Å². The zero-order valence-corrected chi connectivity index (χ0v) is 18.1. The SMILES string of the molecule is CC1(C)[C@H]2C[C@H](CCCC/C=C/C(=O)O)[C@@H](NC(=O)c3coc4ccc(O)cc34)[C@@H]1C2. The van der Waals surface area contributed by atoms with Gasteiger partial charge in [0, 0.05) is 17.5 Å². The number of hydrogen-bond donors (Lipinski definition) is 3. The van der Waals surface area contributed by atoms with E-state index in [9.17, 15) is 14.7 Å². The predicted octanol–water partition coefficient (Wildman–Crippen LogP) is 5.12. The number of carbonyl (C=O) groups is 2. The first-order valence-corrected chi connectivity index (χ1v) is 11.2. The van der Waals surface area contributed by atoms with Crippen molar-refractivity contribution in [3.63, 3.8) is 0 Å². The molecule has 1 aromatic carbocycles. The van der Waals surface area contributed by atoms with Gasteiger partial charge in [-0.05, 0) is 73.5 Å². The summed E-state index contributed by atoms with van der Waals surface area (Å²) in [7, 11) is 0. The summed E-state index contributed by atoms with van der Waals surface area (Å²) in [5.74, 6) is 0.643. The van der Waals surface area contributed by atoms with Crippen molar-refractivity contribution in [2.75, 3.05) is 0 Å². The molecule has 0 saturated heterocycles. The van der Waals surface area contributed by atoms with Crippen molar-refractivity contribution in [1.29, 1.82) is 0 Å². The molecule has 2 bridgehead atoms. The fourth-order valence-corrected chi connectivity index (χ4v) is 5.70. The summed E-state index contributed by atoms with van der Waals surface area (Å²) in [4.78, 5) is 23.8. The van der Waals surface area contributed by atoms with Crippen LogP contribution in [-0.4, -0.2) is 28.1 Å². The number of phenols is 1. The van der Waals surface area contributed by atoms with Crippen molar-refractivity contribution >= 4 is 22.8 Å². The summed E-state index contributed by atoms with van der Waals surface area (Å²) >= 11 is 0. The number of carboxylic acid groups (broad SMARTS) is 1. The predicted molar refractivity (Wildman–Crippen MR) is 118 cm³/mol. The third-order valence-corrected chi connectivity index (χ3v) is 7.63. The Kier molecular flexibility index (Phi) is 5.82. The Morgan fingerprint density at radius 1 is 1.26 bits per heavy atom. The van der Waals surface area contributed by atoms with Crippen molar-refractivity contribution in [2.24, 2.45) is 23.2 Å². The first-order chi connectivity index (χ1) is 14.8. The van der Waals surface area contributed by atoms with Gasteiger partial charge >= 0.3 is 5.97 Å². The fraction of sp³-hybridized carbons (Fsp3) is 0.520. The number of hydrogen-bond acceptors (Lipinski definition) is 4. The molecule has 3 aliphatic rings. The Balaban J connectivity index is 1.44. The molecule has 6 nitrogen and oxygen atoms in total. The third kappa shape index (κ3) is 4.21. The number of furan rings is 1. The van der Waals surface area contributed by atoms with Gasteiger partial charge in [0.25, 0.3) is 5.91 Å². The second kappa shape index (κ2) is 8.40. The molecule has 3 N–H and O–H groups in total. The number of amides is 1. The van der Waals surface area contributed by atoms with E-state index in [4.69, 9.17) is 9.52 Å². The van der Waals surface area contributed by atoms with Gasteiger partial charge in [-0.15, -0.1) is 0 Å². The molecular formula is C25H31NO5. The largest absolute Gasteiger partial charge is 0.508 e. The fourth-order valence-electron chi connectivity index (χ4n) is 5.70. The molecule has 6 heteroatoms. The number of aliphatic carboxylic acids is 1. The number of fused-ring (bicyclic) bond motifs is 3. The van der Waals surface area contributed by atoms with Crippen molar-refractivity contribution in [3.8, 4) is 5.75 Å². The highest BCUT2D eigenvalue weighted by Gasteiger charge is 2.57. The topological polar surface area (TPSA) is 99.8 Å². The van der Waals surface area contributed by atoms with Crippen LogP contribution in [0.1, 0.15) is 62.7 Å². The molecule has 3 fully saturated rings. The number of rotatable bonds is 8. The van der Waals surface area contributed by atoms with E-state index in [0.29, 0.717) is 34.3 Å². The lowest BCUT2D eigenvalue weighted by Crippen LogP contribution is -2.63. The molecule has 31 heavy (non-hydrogen) atoms. The van der Waals surface area contributed by atoms with Crippen LogP contribution in [0.5, 0.6) is 5.75 Å². The average molecular weight is 426 g/mol. The maximum Gasteiger partial charge on any atom is 0.327 e. The molecule has 2 aromatic rings. The van der Waals surface area contributed by atoms with E-state index in [0.717, 1.165) is 38.5 Å². The van der Waals surface area contributed by atoms with Gasteiger partial charge in [0.2, 0.25) is 0 Å². The van der Waals surface area contributed by atoms with Crippen molar-refractivity contribution in [3.05, 3.63) is 42.2 Å². The highest BCUT2D eigenvalue weighted by Crippen LogP contribution is 2.61. The Morgan fingerprint density at radius 2 is 2.06 bits per heavy atom. The van der Waals surface area contributed by atoms with Gasteiger partial charge in [0.15, 0.2) is 0 Å². The molecule has 1 aromatic heterocycles. The first-order valence-electron chi connectivity index (χ1n) is 11.2. The molecular weight excluding hydrogens is 394 g/mol. The van der Waals surface area contributed by atoms with Gasteiger partial charge in [-0.25, -0.2) is 4.79 Å².